The lowest BCUT2D eigenvalue weighted by atomic mass is 10.2. The summed E-state index contributed by atoms with van der Waals surface area (Å²) in [7, 11) is 1.12. The number of aliphatic hydroxyl groups excluding tert-OH is 1. The lowest BCUT2D eigenvalue weighted by Gasteiger charge is -2.19. The van der Waals surface area contributed by atoms with Crippen LogP contribution in [0, 0.1) is 0 Å². The predicted molar refractivity (Wildman–Crippen MR) is 78.7 cm³/mol. The monoisotopic (exact) mass is 308 g/mol. The van der Waals surface area contributed by atoms with Crippen LogP contribution < -0.4 is 0 Å². The summed E-state index contributed by atoms with van der Waals surface area (Å²) < 4.78 is 14.7. The molecule has 0 heterocycles. The smallest absolute Gasteiger partial charge is 0.378 e. The molecule has 0 saturated carbocycles. The fourth-order valence-corrected chi connectivity index (χ4v) is 1.47. The minimum absolute atomic E-state index is 0.00185. The SMILES string of the molecule is COC(=O)/C(OCc1ccccc1)=C(/O)C(=O)OC(C)(C)C. The van der Waals surface area contributed by atoms with Crippen LogP contribution >= 0.6 is 0 Å². The second-order valence-electron chi connectivity index (χ2n) is 5.45. The molecule has 0 bridgehead atoms. The summed E-state index contributed by atoms with van der Waals surface area (Å²) in [6.45, 7) is 4.92. The molecule has 1 aromatic carbocycles. The molecule has 0 spiro atoms. The van der Waals surface area contributed by atoms with E-state index in [4.69, 9.17) is 9.47 Å². The van der Waals surface area contributed by atoms with Crippen LogP contribution in [-0.4, -0.2) is 29.8 Å². The number of rotatable bonds is 5. The Morgan fingerprint density at radius 3 is 2.18 bits per heavy atom. The van der Waals surface area contributed by atoms with E-state index in [0.29, 0.717) is 0 Å². The molecule has 22 heavy (non-hydrogen) atoms. The van der Waals surface area contributed by atoms with Crippen molar-refractivity contribution in [1.82, 2.24) is 0 Å². The minimum Gasteiger partial charge on any atom is -0.499 e. The van der Waals surface area contributed by atoms with E-state index in [-0.39, 0.29) is 6.61 Å². The van der Waals surface area contributed by atoms with Gasteiger partial charge in [-0.1, -0.05) is 30.3 Å². The average molecular weight is 308 g/mol. The van der Waals surface area contributed by atoms with Crippen LogP contribution in [0.5, 0.6) is 0 Å². The molecule has 1 aromatic rings. The highest BCUT2D eigenvalue weighted by Crippen LogP contribution is 2.15. The molecule has 0 aromatic heterocycles. The minimum atomic E-state index is -1.05. The Morgan fingerprint density at radius 1 is 1.09 bits per heavy atom. The van der Waals surface area contributed by atoms with E-state index in [1.165, 1.54) is 0 Å². The van der Waals surface area contributed by atoms with Gasteiger partial charge in [0.05, 0.1) is 7.11 Å². The van der Waals surface area contributed by atoms with E-state index >= 15 is 0 Å². The van der Waals surface area contributed by atoms with Gasteiger partial charge in [0, 0.05) is 0 Å². The summed E-state index contributed by atoms with van der Waals surface area (Å²) >= 11 is 0. The third kappa shape index (κ3) is 5.47. The van der Waals surface area contributed by atoms with Gasteiger partial charge in [-0.3, -0.25) is 0 Å². The zero-order chi connectivity index (χ0) is 16.8. The lowest BCUT2D eigenvalue weighted by Crippen LogP contribution is -2.26. The number of hydrogen-bond acceptors (Lipinski definition) is 6. The summed E-state index contributed by atoms with van der Waals surface area (Å²) in [4.78, 5) is 23.5. The number of carbonyl (C=O) groups excluding carboxylic acids is 2. The predicted octanol–water partition coefficient (Wildman–Crippen LogP) is 2.49. The number of esters is 2. The molecule has 6 heteroatoms. The normalized spacial score (nSPS) is 12.2. The van der Waals surface area contributed by atoms with Gasteiger partial charge in [0.25, 0.3) is 11.5 Å². The van der Waals surface area contributed by atoms with Crippen molar-refractivity contribution < 1.29 is 28.9 Å². The molecule has 0 saturated heterocycles. The number of methoxy groups -OCH3 is 1. The number of carbonyl (C=O) groups is 2. The molecule has 0 aliphatic rings. The van der Waals surface area contributed by atoms with Gasteiger partial charge in [-0.15, -0.1) is 0 Å². The quantitative estimate of drug-likeness (QED) is 0.511. The molecule has 0 radical (unpaired) electrons. The highest BCUT2D eigenvalue weighted by molar-refractivity contribution is 5.97. The van der Waals surface area contributed by atoms with Crippen LogP contribution in [0.4, 0.5) is 0 Å². The highest BCUT2D eigenvalue weighted by Gasteiger charge is 2.27. The average Bonchev–Trinajstić information content (AvgIpc) is 2.46. The number of benzene rings is 1. The van der Waals surface area contributed by atoms with Gasteiger partial charge < -0.3 is 19.3 Å². The van der Waals surface area contributed by atoms with Gasteiger partial charge in [-0.2, -0.15) is 0 Å². The van der Waals surface area contributed by atoms with Crippen molar-refractivity contribution in [3.8, 4) is 0 Å². The fraction of sp³-hybridized carbons (Fsp3) is 0.375. The molecular weight excluding hydrogens is 288 g/mol. The van der Waals surface area contributed by atoms with Crippen molar-refractivity contribution in [2.24, 2.45) is 0 Å². The van der Waals surface area contributed by atoms with Gasteiger partial charge in [0.15, 0.2) is 0 Å². The van der Waals surface area contributed by atoms with E-state index in [1.54, 1.807) is 45.0 Å². The summed E-state index contributed by atoms with van der Waals surface area (Å²) in [5.74, 6) is -3.52. The number of ether oxygens (including phenoxy) is 3. The molecule has 1 N–H and O–H groups in total. The fourth-order valence-electron chi connectivity index (χ4n) is 1.47. The maximum Gasteiger partial charge on any atom is 0.378 e. The third-order valence-electron chi connectivity index (χ3n) is 2.40. The van der Waals surface area contributed by atoms with Gasteiger partial charge in [-0.25, -0.2) is 9.59 Å². The Morgan fingerprint density at radius 2 is 1.68 bits per heavy atom. The first-order valence-corrected chi connectivity index (χ1v) is 6.66. The molecule has 0 fully saturated rings. The van der Waals surface area contributed by atoms with E-state index in [9.17, 15) is 14.7 Å². The Balaban J connectivity index is 2.93. The highest BCUT2D eigenvalue weighted by atomic mass is 16.6. The second-order valence-corrected chi connectivity index (χ2v) is 5.45. The van der Waals surface area contributed by atoms with Crippen LogP contribution in [0.1, 0.15) is 26.3 Å². The van der Waals surface area contributed by atoms with Gasteiger partial charge in [0.2, 0.25) is 0 Å². The van der Waals surface area contributed by atoms with Crippen molar-refractivity contribution in [3.05, 3.63) is 47.4 Å². The third-order valence-corrected chi connectivity index (χ3v) is 2.40. The molecule has 1 rings (SSSR count). The first-order chi connectivity index (χ1) is 10.2. The van der Waals surface area contributed by atoms with Crippen LogP contribution in [0.15, 0.2) is 41.9 Å². The zero-order valence-corrected chi connectivity index (χ0v) is 13.1. The standard InChI is InChI=1S/C16H20O6/c1-16(2,3)22-14(18)12(17)13(15(19)20-4)21-10-11-8-6-5-7-9-11/h5-9,17H,10H2,1-4H3/b13-12-. The van der Waals surface area contributed by atoms with Gasteiger partial charge >= 0.3 is 11.9 Å². The van der Waals surface area contributed by atoms with Crippen molar-refractivity contribution in [2.45, 2.75) is 33.0 Å². The van der Waals surface area contributed by atoms with Crippen molar-refractivity contribution >= 4 is 11.9 Å². The number of hydrogen-bond donors (Lipinski definition) is 1. The van der Waals surface area contributed by atoms with Crippen molar-refractivity contribution in [2.75, 3.05) is 7.11 Å². The molecule has 0 unspecified atom stereocenters. The van der Waals surface area contributed by atoms with E-state index in [0.717, 1.165) is 12.7 Å². The molecule has 0 aliphatic carbocycles. The largest absolute Gasteiger partial charge is 0.499 e. The Hall–Kier alpha value is -2.50. The Bertz CT molecular complexity index is 554. The Kier molecular flexibility index (Phi) is 5.98. The first-order valence-electron chi connectivity index (χ1n) is 6.66. The summed E-state index contributed by atoms with van der Waals surface area (Å²) in [6.07, 6.45) is 0. The lowest BCUT2D eigenvalue weighted by molar-refractivity contribution is -0.155. The molecule has 0 amide bonds. The first kappa shape index (κ1) is 17.6. The van der Waals surface area contributed by atoms with Crippen LogP contribution in [0.3, 0.4) is 0 Å². The van der Waals surface area contributed by atoms with Gasteiger partial charge in [0.1, 0.15) is 12.2 Å². The molecule has 0 atom stereocenters. The summed E-state index contributed by atoms with van der Waals surface area (Å²) in [6, 6.07) is 8.99. The Labute approximate surface area is 129 Å². The van der Waals surface area contributed by atoms with Crippen LogP contribution in [0.2, 0.25) is 0 Å². The summed E-state index contributed by atoms with van der Waals surface area (Å²) in [5.41, 5.74) is -0.0491. The maximum absolute atomic E-state index is 11.8. The summed E-state index contributed by atoms with van der Waals surface area (Å²) in [5, 5.41) is 9.90. The van der Waals surface area contributed by atoms with Crippen LogP contribution in [-0.2, 0) is 30.4 Å². The topological polar surface area (TPSA) is 82.1 Å². The molecule has 0 aliphatic heterocycles. The number of aliphatic hydroxyl groups is 1. The van der Waals surface area contributed by atoms with E-state index in [1.807, 2.05) is 6.07 Å². The second kappa shape index (κ2) is 7.49. The molecular formula is C16H20O6. The van der Waals surface area contributed by atoms with E-state index in [2.05, 4.69) is 4.74 Å². The maximum atomic E-state index is 11.8. The molecule has 6 nitrogen and oxygen atoms in total. The van der Waals surface area contributed by atoms with Crippen molar-refractivity contribution in [3.63, 3.8) is 0 Å². The zero-order valence-electron chi connectivity index (χ0n) is 13.1. The van der Waals surface area contributed by atoms with Gasteiger partial charge in [-0.05, 0) is 26.3 Å². The van der Waals surface area contributed by atoms with Crippen LogP contribution in [0.25, 0.3) is 0 Å². The molecule has 120 valence electrons. The van der Waals surface area contributed by atoms with Crippen molar-refractivity contribution in [1.29, 1.82) is 0 Å². The van der Waals surface area contributed by atoms with E-state index < -0.39 is 29.1 Å².